The summed E-state index contributed by atoms with van der Waals surface area (Å²) in [5.74, 6) is 0. The molecule has 196 valence electrons. The largest absolute Gasteiger partial charge is 0.598 e. The Kier molecular flexibility index (Phi) is 11.0. The van der Waals surface area contributed by atoms with E-state index in [2.05, 4.69) is 43.6 Å². The summed E-state index contributed by atoms with van der Waals surface area (Å²) in [6, 6.07) is 15.4. The van der Waals surface area contributed by atoms with Crippen molar-refractivity contribution in [2.45, 2.75) is 89.3 Å². The SMILES string of the molecule is COC(COCc1ccccc1)C(N[S@+]([O-])C(C)(C)C)C(O[Si](C)(C)C(C)(C)C)c1ccccn1. The predicted molar refractivity (Wildman–Crippen MR) is 147 cm³/mol. The minimum Gasteiger partial charge on any atom is -0.598 e. The Bertz CT molecular complexity index is 872. The molecule has 2 aromatic rings. The number of methoxy groups -OCH3 is 1. The van der Waals surface area contributed by atoms with Gasteiger partial charge in [-0.1, -0.05) is 57.2 Å². The summed E-state index contributed by atoms with van der Waals surface area (Å²) in [7, 11) is -0.569. The summed E-state index contributed by atoms with van der Waals surface area (Å²) in [5.41, 5.74) is 1.87. The Morgan fingerprint density at radius 1 is 1.00 bits per heavy atom. The van der Waals surface area contributed by atoms with Crippen LogP contribution in [0.2, 0.25) is 18.1 Å². The fraction of sp³-hybridized carbons (Fsp3) is 0.593. The molecule has 2 rings (SSSR count). The Balaban J connectivity index is 2.41. The minimum absolute atomic E-state index is 0.0138. The van der Waals surface area contributed by atoms with Gasteiger partial charge in [0.05, 0.1) is 18.9 Å². The predicted octanol–water partition coefficient (Wildman–Crippen LogP) is 5.80. The molecule has 1 aromatic heterocycles. The second-order valence-corrected chi connectivity index (χ2v) is 18.1. The number of hydrogen-bond donors (Lipinski definition) is 1. The van der Waals surface area contributed by atoms with Gasteiger partial charge in [0.15, 0.2) is 8.32 Å². The van der Waals surface area contributed by atoms with Crippen LogP contribution < -0.4 is 4.72 Å². The molecule has 0 bridgehead atoms. The maximum absolute atomic E-state index is 13.3. The standard InChI is InChI=1S/C27H44N2O4SSi/c1-26(2,3)34(30)29-24(23(31-7)20-32-19-21-15-11-10-12-16-21)25(22-17-13-14-18-28-22)33-35(8,9)27(4,5)6/h10-18,23-25,29H,19-20H2,1-9H3/t23?,24?,25?,34-/m1/s1. The second-order valence-electron chi connectivity index (χ2n) is 11.4. The van der Waals surface area contributed by atoms with E-state index in [0.717, 1.165) is 11.3 Å². The molecule has 0 saturated heterocycles. The zero-order valence-corrected chi connectivity index (χ0v) is 24.6. The van der Waals surface area contributed by atoms with E-state index >= 15 is 0 Å². The van der Waals surface area contributed by atoms with Gasteiger partial charge in [0, 0.05) is 24.7 Å². The summed E-state index contributed by atoms with van der Waals surface area (Å²) in [6.45, 7) is 17.7. The summed E-state index contributed by atoms with van der Waals surface area (Å²) in [5, 5.41) is -0.0138. The van der Waals surface area contributed by atoms with Crippen molar-refractivity contribution in [3.05, 3.63) is 66.0 Å². The van der Waals surface area contributed by atoms with Crippen LogP contribution in [-0.4, -0.2) is 48.5 Å². The molecule has 0 spiro atoms. The zero-order valence-electron chi connectivity index (χ0n) is 22.8. The van der Waals surface area contributed by atoms with E-state index in [1.807, 2.05) is 69.3 Å². The Morgan fingerprint density at radius 2 is 1.63 bits per heavy atom. The summed E-state index contributed by atoms with van der Waals surface area (Å²) in [4.78, 5) is 4.64. The lowest BCUT2D eigenvalue weighted by Gasteiger charge is -2.43. The third-order valence-electron chi connectivity index (χ3n) is 6.43. The van der Waals surface area contributed by atoms with Crippen LogP contribution in [0.3, 0.4) is 0 Å². The van der Waals surface area contributed by atoms with Crippen LogP contribution in [0.25, 0.3) is 0 Å². The van der Waals surface area contributed by atoms with Crippen molar-refractivity contribution in [3.63, 3.8) is 0 Å². The van der Waals surface area contributed by atoms with E-state index in [4.69, 9.17) is 13.9 Å². The van der Waals surface area contributed by atoms with Crippen LogP contribution in [0.15, 0.2) is 54.7 Å². The molecule has 1 aromatic carbocycles. The molecule has 0 amide bonds. The third kappa shape index (κ3) is 8.96. The first kappa shape index (κ1) is 30.0. The molecular weight excluding hydrogens is 476 g/mol. The van der Waals surface area contributed by atoms with Gasteiger partial charge < -0.3 is 18.5 Å². The van der Waals surface area contributed by atoms with Crippen molar-refractivity contribution in [3.8, 4) is 0 Å². The highest BCUT2D eigenvalue weighted by Gasteiger charge is 2.45. The molecule has 0 aliphatic carbocycles. The molecule has 3 unspecified atom stereocenters. The van der Waals surface area contributed by atoms with Gasteiger partial charge in [-0.05, 0) is 56.6 Å². The molecule has 0 saturated carbocycles. The van der Waals surface area contributed by atoms with Crippen molar-refractivity contribution < 1.29 is 18.5 Å². The lowest BCUT2D eigenvalue weighted by atomic mass is 10.0. The van der Waals surface area contributed by atoms with E-state index in [9.17, 15) is 4.55 Å². The molecule has 0 aliphatic rings. The highest BCUT2D eigenvalue weighted by atomic mass is 32.2. The zero-order chi connectivity index (χ0) is 26.3. The number of hydrogen-bond acceptors (Lipinski definition) is 6. The molecule has 0 aliphatic heterocycles. The molecule has 6 nitrogen and oxygen atoms in total. The van der Waals surface area contributed by atoms with Crippen molar-refractivity contribution in [2.75, 3.05) is 13.7 Å². The fourth-order valence-corrected chi connectivity index (χ4v) is 5.31. The van der Waals surface area contributed by atoms with Crippen molar-refractivity contribution in [2.24, 2.45) is 0 Å². The highest BCUT2D eigenvalue weighted by Crippen LogP contribution is 2.41. The topological polar surface area (TPSA) is 75.7 Å². The number of nitrogens with one attached hydrogen (secondary N) is 1. The molecular formula is C27H44N2O4SSi. The number of aromatic nitrogens is 1. The third-order valence-corrected chi connectivity index (χ3v) is 12.5. The van der Waals surface area contributed by atoms with Crippen LogP contribution in [0.4, 0.5) is 0 Å². The molecule has 1 heterocycles. The minimum atomic E-state index is -2.23. The van der Waals surface area contributed by atoms with Gasteiger partial charge in [-0.15, -0.1) is 4.72 Å². The van der Waals surface area contributed by atoms with Gasteiger partial charge in [0.25, 0.3) is 0 Å². The van der Waals surface area contributed by atoms with Gasteiger partial charge in [0.1, 0.15) is 23.0 Å². The number of nitrogens with zero attached hydrogens (tertiary/aromatic N) is 1. The second kappa shape index (κ2) is 12.8. The quantitative estimate of drug-likeness (QED) is 0.282. The fourth-order valence-electron chi connectivity index (χ4n) is 3.17. The van der Waals surface area contributed by atoms with Crippen LogP contribution in [-0.2, 0) is 31.9 Å². The van der Waals surface area contributed by atoms with Gasteiger partial charge in [0.2, 0.25) is 0 Å². The highest BCUT2D eigenvalue weighted by molar-refractivity contribution is 7.90. The molecule has 1 N–H and O–H groups in total. The smallest absolute Gasteiger partial charge is 0.193 e. The summed E-state index contributed by atoms with van der Waals surface area (Å²) >= 11 is -1.35. The average molecular weight is 521 g/mol. The van der Waals surface area contributed by atoms with E-state index in [-0.39, 0.29) is 5.04 Å². The van der Waals surface area contributed by atoms with Crippen LogP contribution in [0.1, 0.15) is 58.9 Å². The Hall–Kier alpha value is -1.26. The van der Waals surface area contributed by atoms with Gasteiger partial charge in [-0.2, -0.15) is 0 Å². The van der Waals surface area contributed by atoms with E-state index in [1.165, 1.54) is 0 Å². The van der Waals surface area contributed by atoms with Gasteiger partial charge >= 0.3 is 0 Å². The molecule has 4 atom stereocenters. The van der Waals surface area contributed by atoms with Crippen molar-refractivity contribution >= 4 is 19.7 Å². The molecule has 35 heavy (non-hydrogen) atoms. The Morgan fingerprint density at radius 3 is 2.14 bits per heavy atom. The summed E-state index contributed by atoms with van der Waals surface area (Å²) in [6.07, 6.45) is 0.887. The first-order valence-electron chi connectivity index (χ1n) is 12.2. The van der Waals surface area contributed by atoms with Crippen LogP contribution in [0.5, 0.6) is 0 Å². The average Bonchev–Trinajstić information content (AvgIpc) is 2.79. The lowest BCUT2D eigenvalue weighted by Crippen LogP contribution is -2.56. The number of rotatable bonds is 12. The molecule has 0 fully saturated rings. The number of benzene rings is 1. The first-order chi connectivity index (χ1) is 16.3. The van der Waals surface area contributed by atoms with Gasteiger partial charge in [-0.25, -0.2) is 0 Å². The van der Waals surface area contributed by atoms with Gasteiger partial charge in [-0.3, -0.25) is 4.98 Å². The maximum Gasteiger partial charge on any atom is 0.193 e. The van der Waals surface area contributed by atoms with Crippen molar-refractivity contribution in [1.82, 2.24) is 9.71 Å². The van der Waals surface area contributed by atoms with Crippen LogP contribution >= 0.6 is 0 Å². The van der Waals surface area contributed by atoms with E-state index < -0.39 is 42.7 Å². The normalized spacial score (nSPS) is 16.5. The first-order valence-corrected chi connectivity index (χ1v) is 16.2. The molecule has 8 heteroatoms. The van der Waals surface area contributed by atoms with Crippen LogP contribution in [0, 0.1) is 0 Å². The Labute approximate surface area is 216 Å². The van der Waals surface area contributed by atoms with E-state index in [0.29, 0.717) is 13.2 Å². The number of pyridine rings is 1. The monoisotopic (exact) mass is 520 g/mol. The van der Waals surface area contributed by atoms with Crippen molar-refractivity contribution in [1.29, 1.82) is 0 Å². The lowest BCUT2D eigenvalue weighted by molar-refractivity contribution is -0.0389. The van der Waals surface area contributed by atoms with E-state index in [1.54, 1.807) is 13.3 Å². The molecule has 0 radical (unpaired) electrons. The summed E-state index contributed by atoms with van der Waals surface area (Å²) < 4.78 is 35.2. The number of ether oxygens (including phenoxy) is 2. The maximum atomic E-state index is 13.3.